The lowest BCUT2D eigenvalue weighted by Crippen LogP contribution is -2.32. The Bertz CT molecular complexity index is 833. The number of amides is 3. The van der Waals surface area contributed by atoms with E-state index in [1.54, 1.807) is 36.4 Å². The van der Waals surface area contributed by atoms with Crippen molar-refractivity contribution >= 4 is 23.3 Å². The Hall–Kier alpha value is -3.84. The fourth-order valence-electron chi connectivity index (χ4n) is 2.38. The number of nitrogens with one attached hydrogen (secondary N) is 2. The van der Waals surface area contributed by atoms with Gasteiger partial charge in [-0.1, -0.05) is 18.2 Å². The standard InChI is InChI=1S/C20H19N5O2/c21-12-4-14-25(15-5-13-22)19(26)16-8-10-18(11-9-16)24-20(27)23-17-6-2-1-3-7-17/h1-3,6-11H,4-5,14-15H2,(H2,23,24,27). The molecule has 2 aromatic rings. The molecular weight excluding hydrogens is 342 g/mol. The van der Waals surface area contributed by atoms with E-state index in [9.17, 15) is 9.59 Å². The van der Waals surface area contributed by atoms with Crippen molar-refractivity contribution in [1.29, 1.82) is 10.5 Å². The summed E-state index contributed by atoms with van der Waals surface area (Å²) < 4.78 is 0. The molecule has 2 rings (SSSR count). The molecule has 0 unspecified atom stereocenters. The van der Waals surface area contributed by atoms with E-state index in [1.807, 2.05) is 30.3 Å². The van der Waals surface area contributed by atoms with Crippen LogP contribution in [0.15, 0.2) is 54.6 Å². The highest BCUT2D eigenvalue weighted by Gasteiger charge is 2.15. The molecule has 0 aliphatic rings. The highest BCUT2D eigenvalue weighted by molar-refractivity contribution is 6.00. The maximum Gasteiger partial charge on any atom is 0.323 e. The lowest BCUT2D eigenvalue weighted by Gasteiger charge is -2.20. The minimum absolute atomic E-state index is 0.205. The zero-order valence-corrected chi connectivity index (χ0v) is 14.7. The van der Waals surface area contributed by atoms with Gasteiger partial charge in [0.1, 0.15) is 0 Å². The maximum absolute atomic E-state index is 12.5. The molecule has 0 aliphatic heterocycles. The van der Waals surface area contributed by atoms with Crippen molar-refractivity contribution in [2.45, 2.75) is 12.8 Å². The van der Waals surface area contributed by atoms with E-state index >= 15 is 0 Å². The van der Waals surface area contributed by atoms with Crippen LogP contribution < -0.4 is 10.6 Å². The average molecular weight is 361 g/mol. The van der Waals surface area contributed by atoms with Gasteiger partial charge in [-0.3, -0.25) is 4.79 Å². The minimum Gasteiger partial charge on any atom is -0.337 e. The maximum atomic E-state index is 12.5. The molecule has 7 heteroatoms. The van der Waals surface area contributed by atoms with Gasteiger partial charge >= 0.3 is 6.03 Å². The third kappa shape index (κ3) is 6.18. The number of hydrogen-bond donors (Lipinski definition) is 2. The van der Waals surface area contributed by atoms with E-state index in [0.717, 1.165) is 0 Å². The van der Waals surface area contributed by atoms with Crippen LogP contribution in [-0.2, 0) is 0 Å². The average Bonchev–Trinajstić information content (AvgIpc) is 2.69. The summed E-state index contributed by atoms with van der Waals surface area (Å²) in [7, 11) is 0. The highest BCUT2D eigenvalue weighted by atomic mass is 16.2. The van der Waals surface area contributed by atoms with Gasteiger partial charge in [-0.25, -0.2) is 4.79 Å². The largest absolute Gasteiger partial charge is 0.337 e. The molecule has 3 amide bonds. The van der Waals surface area contributed by atoms with Gasteiger partial charge in [0, 0.05) is 30.0 Å². The zero-order chi connectivity index (χ0) is 19.5. The van der Waals surface area contributed by atoms with Crippen LogP contribution in [0, 0.1) is 22.7 Å². The van der Waals surface area contributed by atoms with Crippen molar-refractivity contribution in [1.82, 2.24) is 4.90 Å². The Kier molecular flexibility index (Phi) is 7.37. The van der Waals surface area contributed by atoms with E-state index in [2.05, 4.69) is 10.6 Å². The Morgan fingerprint density at radius 1 is 0.815 bits per heavy atom. The van der Waals surface area contributed by atoms with Crippen LogP contribution in [0.4, 0.5) is 16.2 Å². The number of para-hydroxylation sites is 1. The Morgan fingerprint density at radius 2 is 1.33 bits per heavy atom. The Balaban J connectivity index is 1.98. The number of anilines is 2. The number of urea groups is 1. The molecule has 0 saturated heterocycles. The molecule has 0 heterocycles. The molecule has 0 saturated carbocycles. The third-order valence-electron chi connectivity index (χ3n) is 3.70. The summed E-state index contributed by atoms with van der Waals surface area (Å²) in [4.78, 5) is 26.0. The molecule has 0 spiro atoms. The number of carbonyl (C=O) groups is 2. The van der Waals surface area contributed by atoms with Gasteiger partial charge in [0.25, 0.3) is 5.91 Å². The molecule has 27 heavy (non-hydrogen) atoms. The van der Waals surface area contributed by atoms with Gasteiger partial charge in [0.05, 0.1) is 25.0 Å². The quantitative estimate of drug-likeness (QED) is 0.785. The van der Waals surface area contributed by atoms with Gasteiger partial charge in [-0.2, -0.15) is 10.5 Å². The molecule has 7 nitrogen and oxygen atoms in total. The van der Waals surface area contributed by atoms with Crippen molar-refractivity contribution in [2.75, 3.05) is 23.7 Å². The van der Waals surface area contributed by atoms with Crippen molar-refractivity contribution in [3.63, 3.8) is 0 Å². The van der Waals surface area contributed by atoms with Crippen molar-refractivity contribution in [3.8, 4) is 12.1 Å². The molecule has 0 aromatic heterocycles. The van der Waals surface area contributed by atoms with Crippen LogP contribution in [0.3, 0.4) is 0 Å². The Labute approximate surface area is 157 Å². The third-order valence-corrected chi connectivity index (χ3v) is 3.70. The van der Waals surface area contributed by atoms with E-state index in [1.165, 1.54) is 4.90 Å². The summed E-state index contributed by atoms with van der Waals surface area (Å²) in [5, 5.41) is 22.8. The molecule has 2 N–H and O–H groups in total. The van der Waals surface area contributed by atoms with Crippen LogP contribution in [0.5, 0.6) is 0 Å². The van der Waals surface area contributed by atoms with Crippen LogP contribution in [0.1, 0.15) is 23.2 Å². The van der Waals surface area contributed by atoms with Crippen molar-refractivity contribution in [3.05, 3.63) is 60.2 Å². The first-order valence-electron chi connectivity index (χ1n) is 8.40. The van der Waals surface area contributed by atoms with E-state index in [0.29, 0.717) is 16.9 Å². The Morgan fingerprint density at radius 3 is 1.85 bits per heavy atom. The lowest BCUT2D eigenvalue weighted by molar-refractivity contribution is 0.0762. The van der Waals surface area contributed by atoms with Gasteiger partial charge in [-0.05, 0) is 36.4 Å². The van der Waals surface area contributed by atoms with Crippen LogP contribution in [0.25, 0.3) is 0 Å². The van der Waals surface area contributed by atoms with Crippen LogP contribution in [-0.4, -0.2) is 29.9 Å². The highest BCUT2D eigenvalue weighted by Crippen LogP contribution is 2.13. The molecule has 2 aromatic carbocycles. The fraction of sp³-hybridized carbons (Fsp3) is 0.200. The van der Waals surface area contributed by atoms with Gasteiger partial charge in [0.15, 0.2) is 0 Å². The number of benzene rings is 2. The number of hydrogen-bond acceptors (Lipinski definition) is 4. The molecule has 0 fully saturated rings. The second kappa shape index (κ2) is 10.2. The number of carbonyl (C=O) groups excluding carboxylic acids is 2. The van der Waals surface area contributed by atoms with E-state index in [-0.39, 0.29) is 37.9 Å². The second-order valence-electron chi connectivity index (χ2n) is 5.63. The number of rotatable bonds is 7. The summed E-state index contributed by atoms with van der Waals surface area (Å²) >= 11 is 0. The van der Waals surface area contributed by atoms with Gasteiger partial charge in [0.2, 0.25) is 0 Å². The lowest BCUT2D eigenvalue weighted by atomic mass is 10.1. The first-order chi connectivity index (χ1) is 13.1. The molecule has 0 aliphatic carbocycles. The molecular formula is C20H19N5O2. The summed E-state index contributed by atoms with van der Waals surface area (Å²) in [6.45, 7) is 0.549. The fourth-order valence-corrected chi connectivity index (χ4v) is 2.38. The normalized spacial score (nSPS) is 9.56. The van der Waals surface area contributed by atoms with Crippen LogP contribution >= 0.6 is 0 Å². The first-order valence-corrected chi connectivity index (χ1v) is 8.40. The van der Waals surface area contributed by atoms with Gasteiger partial charge in [-0.15, -0.1) is 0 Å². The minimum atomic E-state index is -0.384. The molecule has 0 bridgehead atoms. The molecule has 0 atom stereocenters. The van der Waals surface area contributed by atoms with Crippen molar-refractivity contribution < 1.29 is 9.59 Å². The molecule has 136 valence electrons. The van der Waals surface area contributed by atoms with Crippen LogP contribution in [0.2, 0.25) is 0 Å². The zero-order valence-electron chi connectivity index (χ0n) is 14.7. The van der Waals surface area contributed by atoms with Crippen molar-refractivity contribution in [2.24, 2.45) is 0 Å². The van der Waals surface area contributed by atoms with E-state index in [4.69, 9.17) is 10.5 Å². The summed E-state index contributed by atoms with van der Waals surface area (Å²) in [5.41, 5.74) is 1.65. The summed E-state index contributed by atoms with van der Waals surface area (Å²) in [5.74, 6) is -0.249. The number of nitrogens with zero attached hydrogens (tertiary/aromatic N) is 3. The topological polar surface area (TPSA) is 109 Å². The predicted molar refractivity (Wildman–Crippen MR) is 102 cm³/mol. The first kappa shape index (κ1) is 19.5. The smallest absolute Gasteiger partial charge is 0.323 e. The van der Waals surface area contributed by atoms with E-state index < -0.39 is 0 Å². The monoisotopic (exact) mass is 361 g/mol. The molecule has 0 radical (unpaired) electrons. The SMILES string of the molecule is N#CCCN(CCC#N)C(=O)c1ccc(NC(=O)Nc2ccccc2)cc1. The van der Waals surface area contributed by atoms with Gasteiger partial charge < -0.3 is 15.5 Å². The summed E-state index contributed by atoms with van der Waals surface area (Å²) in [6, 6.07) is 19.1. The summed E-state index contributed by atoms with van der Waals surface area (Å²) in [6.07, 6.45) is 0.410. The number of nitriles is 2. The predicted octanol–water partition coefficient (Wildman–Crippen LogP) is 3.60. The second-order valence-corrected chi connectivity index (χ2v) is 5.63.